The van der Waals surface area contributed by atoms with Crippen LogP contribution in [0.15, 0.2) is 23.2 Å². The fourth-order valence-corrected chi connectivity index (χ4v) is 1.93. The average Bonchev–Trinajstić information content (AvgIpc) is 2.52. The van der Waals surface area contributed by atoms with Gasteiger partial charge in [0.15, 0.2) is 17.5 Å². The summed E-state index contributed by atoms with van der Waals surface area (Å²) < 4.78 is 70.4. The Morgan fingerprint density at radius 1 is 1.15 bits per heavy atom. The molecule has 0 fully saturated rings. The third-order valence-corrected chi connectivity index (χ3v) is 3.07. The van der Waals surface area contributed by atoms with Crippen LogP contribution < -0.4 is 20.1 Å². The van der Waals surface area contributed by atoms with E-state index in [0.29, 0.717) is 18.5 Å². The Balaban J connectivity index is 0.00000625. The molecule has 0 saturated heterocycles. The molecule has 11 heteroatoms. The minimum Gasteiger partial charge on any atom is -0.493 e. The van der Waals surface area contributed by atoms with Crippen LogP contribution in [0.1, 0.15) is 12.0 Å². The summed E-state index contributed by atoms with van der Waals surface area (Å²) in [5.41, 5.74) is 0.690. The van der Waals surface area contributed by atoms with Crippen molar-refractivity contribution in [3.05, 3.63) is 23.8 Å². The molecule has 1 aromatic rings. The average molecular weight is 497 g/mol. The van der Waals surface area contributed by atoms with Gasteiger partial charge >= 0.3 is 12.8 Å². The van der Waals surface area contributed by atoms with Crippen molar-refractivity contribution in [3.8, 4) is 11.5 Å². The number of hydrogen-bond acceptors (Lipinski definition) is 3. The molecule has 1 aromatic carbocycles. The first-order valence-corrected chi connectivity index (χ1v) is 7.38. The van der Waals surface area contributed by atoms with Crippen molar-refractivity contribution in [1.29, 1.82) is 0 Å². The fraction of sp³-hybridized carbons (Fsp3) is 0.533. The Labute approximate surface area is 165 Å². The molecule has 1 rings (SSSR count). The van der Waals surface area contributed by atoms with Gasteiger partial charge in [-0.05, 0) is 24.1 Å². The zero-order valence-corrected chi connectivity index (χ0v) is 16.5. The monoisotopic (exact) mass is 497 g/mol. The van der Waals surface area contributed by atoms with Crippen LogP contribution in [0.2, 0.25) is 0 Å². The quantitative estimate of drug-likeness (QED) is 0.250. The van der Waals surface area contributed by atoms with E-state index in [1.807, 2.05) is 0 Å². The Kier molecular flexibility index (Phi) is 11.3. The summed E-state index contributed by atoms with van der Waals surface area (Å²) in [6.07, 6.45) is -4.79. The third-order valence-electron chi connectivity index (χ3n) is 3.07. The van der Waals surface area contributed by atoms with Gasteiger partial charge in [-0.15, -0.1) is 24.0 Å². The standard InChI is InChI=1S/C15H20F5N3O2.HI/c1-21-14(23-8-6-15(18,19)20)22-7-5-10-3-4-11(24-2)12(9-10)25-13(16)17;/h3-4,9,13H,5-8H2,1-2H3,(H2,21,22,23);1H. The molecule has 0 aromatic heterocycles. The van der Waals surface area contributed by atoms with E-state index in [0.717, 1.165) is 0 Å². The number of methoxy groups -OCH3 is 1. The number of nitrogens with one attached hydrogen (secondary N) is 2. The van der Waals surface area contributed by atoms with Crippen LogP contribution in [-0.4, -0.2) is 46.0 Å². The number of rotatable bonds is 8. The van der Waals surface area contributed by atoms with Crippen LogP contribution in [-0.2, 0) is 6.42 Å². The molecule has 26 heavy (non-hydrogen) atoms. The summed E-state index contributed by atoms with van der Waals surface area (Å²) in [7, 11) is 2.77. The van der Waals surface area contributed by atoms with E-state index in [4.69, 9.17) is 4.74 Å². The summed E-state index contributed by atoms with van der Waals surface area (Å²) in [6, 6.07) is 4.61. The van der Waals surface area contributed by atoms with Crippen LogP contribution in [0.3, 0.4) is 0 Å². The Morgan fingerprint density at radius 2 is 1.81 bits per heavy atom. The number of nitrogens with zero attached hydrogens (tertiary/aromatic N) is 1. The molecule has 0 saturated carbocycles. The molecular formula is C15H21F5IN3O2. The summed E-state index contributed by atoms with van der Waals surface area (Å²) in [5, 5.41) is 5.39. The SMILES string of the molecule is CN=C(NCCc1ccc(OC)c(OC(F)F)c1)NCCC(F)(F)F.I. The molecule has 0 spiro atoms. The van der Waals surface area contributed by atoms with Crippen molar-refractivity contribution in [3.63, 3.8) is 0 Å². The lowest BCUT2D eigenvalue weighted by Gasteiger charge is -2.14. The van der Waals surface area contributed by atoms with Crippen LogP contribution in [0.4, 0.5) is 22.0 Å². The summed E-state index contributed by atoms with van der Waals surface area (Å²) in [4.78, 5) is 3.81. The van der Waals surface area contributed by atoms with E-state index in [-0.39, 0.29) is 48.0 Å². The molecule has 0 aliphatic carbocycles. The highest BCUT2D eigenvalue weighted by molar-refractivity contribution is 14.0. The lowest BCUT2D eigenvalue weighted by atomic mass is 10.1. The number of ether oxygens (including phenoxy) is 2. The second-order valence-electron chi connectivity index (χ2n) is 4.90. The number of aliphatic imine (C=N–C) groups is 1. The van der Waals surface area contributed by atoms with E-state index in [9.17, 15) is 22.0 Å². The smallest absolute Gasteiger partial charge is 0.390 e. The molecule has 5 nitrogen and oxygen atoms in total. The van der Waals surface area contributed by atoms with Gasteiger partial charge in [0.2, 0.25) is 0 Å². The molecule has 0 heterocycles. The second-order valence-corrected chi connectivity index (χ2v) is 4.90. The highest BCUT2D eigenvalue weighted by atomic mass is 127. The largest absolute Gasteiger partial charge is 0.493 e. The molecular weight excluding hydrogens is 476 g/mol. The van der Waals surface area contributed by atoms with E-state index >= 15 is 0 Å². The number of hydrogen-bond donors (Lipinski definition) is 2. The van der Waals surface area contributed by atoms with Gasteiger partial charge < -0.3 is 20.1 Å². The van der Waals surface area contributed by atoms with Crippen molar-refractivity contribution >= 4 is 29.9 Å². The molecule has 0 aliphatic rings. The molecule has 0 unspecified atom stereocenters. The van der Waals surface area contributed by atoms with Gasteiger partial charge in [0.25, 0.3) is 0 Å². The van der Waals surface area contributed by atoms with Crippen LogP contribution in [0.25, 0.3) is 0 Å². The molecule has 0 atom stereocenters. The lowest BCUT2D eigenvalue weighted by Crippen LogP contribution is -2.39. The highest BCUT2D eigenvalue weighted by Crippen LogP contribution is 2.29. The van der Waals surface area contributed by atoms with Crippen LogP contribution >= 0.6 is 24.0 Å². The van der Waals surface area contributed by atoms with Gasteiger partial charge in [-0.1, -0.05) is 6.07 Å². The van der Waals surface area contributed by atoms with Crippen LogP contribution in [0.5, 0.6) is 11.5 Å². The zero-order chi connectivity index (χ0) is 18.9. The highest BCUT2D eigenvalue weighted by Gasteiger charge is 2.26. The summed E-state index contributed by atoms with van der Waals surface area (Å²) in [5.74, 6) is 0.325. The minimum absolute atomic E-state index is 0. The van der Waals surface area contributed by atoms with E-state index in [2.05, 4.69) is 20.4 Å². The predicted molar refractivity (Wildman–Crippen MR) is 98.8 cm³/mol. The van der Waals surface area contributed by atoms with Crippen LogP contribution in [0, 0.1) is 0 Å². The van der Waals surface area contributed by atoms with Gasteiger partial charge in [-0.3, -0.25) is 4.99 Å². The van der Waals surface area contributed by atoms with Crippen molar-refractivity contribution in [1.82, 2.24) is 10.6 Å². The van der Waals surface area contributed by atoms with Gasteiger partial charge in [0, 0.05) is 20.1 Å². The van der Waals surface area contributed by atoms with Gasteiger partial charge in [-0.25, -0.2) is 0 Å². The Bertz CT molecular complexity index is 571. The second kappa shape index (κ2) is 12.0. The normalized spacial score (nSPS) is 11.8. The first-order chi connectivity index (χ1) is 11.7. The minimum atomic E-state index is -4.24. The molecule has 0 amide bonds. The molecule has 0 aliphatic heterocycles. The van der Waals surface area contributed by atoms with Crippen molar-refractivity contribution in [2.24, 2.45) is 4.99 Å². The van der Waals surface area contributed by atoms with Crippen molar-refractivity contribution < 1.29 is 31.4 Å². The fourth-order valence-electron chi connectivity index (χ4n) is 1.93. The first-order valence-electron chi connectivity index (χ1n) is 7.38. The number of guanidine groups is 1. The van der Waals surface area contributed by atoms with E-state index < -0.39 is 19.2 Å². The number of alkyl halides is 5. The van der Waals surface area contributed by atoms with Gasteiger partial charge in [-0.2, -0.15) is 22.0 Å². The van der Waals surface area contributed by atoms with E-state index in [1.165, 1.54) is 26.3 Å². The Morgan fingerprint density at radius 3 is 2.35 bits per heavy atom. The van der Waals surface area contributed by atoms with E-state index in [1.54, 1.807) is 6.07 Å². The Hall–Kier alpha value is -1.53. The van der Waals surface area contributed by atoms with Gasteiger partial charge in [0.1, 0.15) is 0 Å². The van der Waals surface area contributed by atoms with Gasteiger partial charge in [0.05, 0.1) is 13.5 Å². The zero-order valence-electron chi connectivity index (χ0n) is 14.2. The van der Waals surface area contributed by atoms with Crippen molar-refractivity contribution in [2.75, 3.05) is 27.2 Å². The summed E-state index contributed by atoms with van der Waals surface area (Å²) in [6.45, 7) is -2.93. The first kappa shape index (κ1) is 24.5. The topological polar surface area (TPSA) is 54.9 Å². The maximum Gasteiger partial charge on any atom is 0.390 e. The third kappa shape index (κ3) is 9.82. The molecule has 150 valence electrons. The lowest BCUT2D eigenvalue weighted by molar-refractivity contribution is -0.132. The number of benzene rings is 1. The summed E-state index contributed by atoms with van der Waals surface area (Å²) >= 11 is 0. The van der Waals surface area contributed by atoms with Crippen molar-refractivity contribution in [2.45, 2.75) is 25.6 Å². The predicted octanol–water partition coefficient (Wildman–Crippen LogP) is 3.57. The number of halogens is 6. The maximum absolute atomic E-state index is 12.4. The maximum atomic E-state index is 12.4. The molecule has 2 N–H and O–H groups in total. The molecule has 0 bridgehead atoms. The molecule has 0 radical (unpaired) electrons.